The minimum atomic E-state index is -0.00552. The molecule has 7 nitrogen and oxygen atoms in total. The highest BCUT2D eigenvalue weighted by molar-refractivity contribution is 6.31. The minimum absolute atomic E-state index is 0.00552. The number of aromatic nitrogens is 4. The van der Waals surface area contributed by atoms with Crippen molar-refractivity contribution in [2.45, 2.75) is 6.54 Å². The van der Waals surface area contributed by atoms with Crippen molar-refractivity contribution in [1.82, 2.24) is 24.6 Å². The van der Waals surface area contributed by atoms with Gasteiger partial charge in [0, 0.05) is 49.8 Å². The predicted octanol–water partition coefficient (Wildman–Crippen LogP) is 2.34. The normalized spacial score (nSPS) is 14.4. The average Bonchev–Trinajstić information content (AvgIpc) is 3.18. The van der Waals surface area contributed by atoms with Gasteiger partial charge in [0.1, 0.15) is 0 Å². The number of hydrogen-bond donors (Lipinski definition) is 0. The van der Waals surface area contributed by atoms with E-state index in [-0.39, 0.29) is 5.91 Å². The summed E-state index contributed by atoms with van der Waals surface area (Å²) < 4.78 is 1.74. The van der Waals surface area contributed by atoms with E-state index in [1.54, 1.807) is 35.5 Å². The van der Waals surface area contributed by atoms with Crippen LogP contribution in [0, 0.1) is 0 Å². The first-order valence-electron chi connectivity index (χ1n) is 8.78. The molecule has 1 aliphatic rings. The quantitative estimate of drug-likeness (QED) is 0.692. The molecule has 0 aliphatic carbocycles. The van der Waals surface area contributed by atoms with E-state index in [0.29, 0.717) is 49.3 Å². The van der Waals surface area contributed by atoms with Crippen molar-refractivity contribution >= 4 is 23.5 Å². The molecule has 0 atom stereocenters. The number of halogens is 1. The molecule has 1 aromatic carbocycles. The number of rotatable bonds is 4. The number of benzene rings is 1. The summed E-state index contributed by atoms with van der Waals surface area (Å²) >= 11 is 6.20. The molecule has 3 heterocycles. The van der Waals surface area contributed by atoms with Crippen molar-refractivity contribution in [2.75, 3.05) is 31.1 Å². The van der Waals surface area contributed by atoms with E-state index < -0.39 is 0 Å². The van der Waals surface area contributed by atoms with Crippen molar-refractivity contribution in [2.24, 2.45) is 0 Å². The second kappa shape index (κ2) is 7.75. The Hall–Kier alpha value is -2.93. The summed E-state index contributed by atoms with van der Waals surface area (Å²) in [6.07, 6.45) is 6.85. The van der Waals surface area contributed by atoms with E-state index in [2.05, 4.69) is 20.0 Å². The Morgan fingerprint density at radius 1 is 1.04 bits per heavy atom. The van der Waals surface area contributed by atoms with Crippen LogP contribution in [0.5, 0.6) is 0 Å². The number of anilines is 1. The summed E-state index contributed by atoms with van der Waals surface area (Å²) in [4.78, 5) is 25.2. The third-order valence-corrected chi connectivity index (χ3v) is 4.94. The fourth-order valence-electron chi connectivity index (χ4n) is 3.11. The zero-order chi connectivity index (χ0) is 18.6. The highest BCUT2D eigenvalue weighted by Crippen LogP contribution is 2.17. The monoisotopic (exact) mass is 382 g/mol. The van der Waals surface area contributed by atoms with Crippen molar-refractivity contribution in [1.29, 1.82) is 0 Å². The Morgan fingerprint density at radius 2 is 1.78 bits per heavy atom. The van der Waals surface area contributed by atoms with Gasteiger partial charge in [-0.3, -0.25) is 9.48 Å². The first-order valence-corrected chi connectivity index (χ1v) is 9.15. The van der Waals surface area contributed by atoms with Crippen molar-refractivity contribution in [3.05, 3.63) is 71.3 Å². The van der Waals surface area contributed by atoms with Gasteiger partial charge in [-0.15, -0.1) is 0 Å². The van der Waals surface area contributed by atoms with Crippen LogP contribution < -0.4 is 4.90 Å². The summed E-state index contributed by atoms with van der Waals surface area (Å²) in [5.41, 5.74) is 1.56. The van der Waals surface area contributed by atoms with E-state index in [9.17, 15) is 4.79 Å². The van der Waals surface area contributed by atoms with Crippen LogP contribution in [0.15, 0.2) is 55.1 Å². The molecule has 0 radical (unpaired) electrons. The fourth-order valence-corrected chi connectivity index (χ4v) is 3.30. The largest absolute Gasteiger partial charge is 0.337 e. The molecule has 27 heavy (non-hydrogen) atoms. The first kappa shape index (κ1) is 17.5. The van der Waals surface area contributed by atoms with Gasteiger partial charge in [-0.2, -0.15) is 5.10 Å². The first-order chi connectivity index (χ1) is 13.2. The summed E-state index contributed by atoms with van der Waals surface area (Å²) in [7, 11) is 0. The van der Waals surface area contributed by atoms with Gasteiger partial charge in [-0.25, -0.2) is 9.97 Å². The molecule has 0 saturated carbocycles. The van der Waals surface area contributed by atoms with Gasteiger partial charge in [0.15, 0.2) is 0 Å². The molecule has 4 rings (SSSR count). The zero-order valence-electron chi connectivity index (χ0n) is 14.7. The van der Waals surface area contributed by atoms with Gasteiger partial charge in [0.25, 0.3) is 5.91 Å². The second-order valence-electron chi connectivity index (χ2n) is 6.35. The third-order valence-electron chi connectivity index (χ3n) is 4.57. The zero-order valence-corrected chi connectivity index (χ0v) is 15.5. The summed E-state index contributed by atoms with van der Waals surface area (Å²) in [5.74, 6) is 0.700. The van der Waals surface area contributed by atoms with E-state index in [1.807, 2.05) is 29.2 Å². The van der Waals surface area contributed by atoms with Crippen LogP contribution in [0.4, 0.5) is 5.95 Å². The maximum absolute atomic E-state index is 12.8. The van der Waals surface area contributed by atoms with E-state index in [4.69, 9.17) is 11.6 Å². The number of carbonyl (C=O) groups excluding carboxylic acids is 1. The van der Waals surface area contributed by atoms with Gasteiger partial charge in [-0.1, -0.05) is 29.8 Å². The highest BCUT2D eigenvalue weighted by Gasteiger charge is 2.24. The number of amides is 1. The van der Waals surface area contributed by atoms with E-state index in [0.717, 1.165) is 5.56 Å². The molecule has 3 aromatic rings. The van der Waals surface area contributed by atoms with Crippen LogP contribution in [0.2, 0.25) is 5.02 Å². The lowest BCUT2D eigenvalue weighted by molar-refractivity contribution is 0.0746. The van der Waals surface area contributed by atoms with Crippen LogP contribution in [0.25, 0.3) is 0 Å². The molecule has 138 valence electrons. The maximum atomic E-state index is 12.8. The maximum Gasteiger partial charge on any atom is 0.257 e. The standard InChI is InChI=1S/C19H19ClN6O/c20-17-5-2-1-4-15(17)13-26-14-16(12-23-26)18(27)24-8-10-25(11-9-24)19-21-6-3-7-22-19/h1-7,12,14H,8-11,13H2. The second-order valence-corrected chi connectivity index (χ2v) is 6.75. The molecule has 0 unspecified atom stereocenters. The van der Waals surface area contributed by atoms with Crippen molar-refractivity contribution in [3.8, 4) is 0 Å². The van der Waals surface area contributed by atoms with Crippen LogP contribution in [-0.4, -0.2) is 56.7 Å². The van der Waals surface area contributed by atoms with Crippen LogP contribution in [0.1, 0.15) is 15.9 Å². The summed E-state index contributed by atoms with van der Waals surface area (Å²) in [6, 6.07) is 9.43. The van der Waals surface area contributed by atoms with Crippen molar-refractivity contribution < 1.29 is 4.79 Å². The van der Waals surface area contributed by atoms with E-state index in [1.165, 1.54) is 0 Å². The SMILES string of the molecule is O=C(c1cnn(Cc2ccccc2Cl)c1)N1CCN(c2ncccn2)CC1. The lowest BCUT2D eigenvalue weighted by atomic mass is 10.2. The third kappa shape index (κ3) is 3.93. The van der Waals surface area contributed by atoms with E-state index >= 15 is 0 Å². The fraction of sp³-hybridized carbons (Fsp3) is 0.263. The summed E-state index contributed by atoms with van der Waals surface area (Å²) in [6.45, 7) is 3.22. The molecule has 8 heteroatoms. The highest BCUT2D eigenvalue weighted by atomic mass is 35.5. The topological polar surface area (TPSA) is 67.2 Å². The van der Waals surface area contributed by atoms with Gasteiger partial charge in [-0.05, 0) is 17.7 Å². The molecule has 0 N–H and O–H groups in total. The molecule has 1 aliphatic heterocycles. The van der Waals surface area contributed by atoms with Gasteiger partial charge in [0.05, 0.1) is 18.3 Å². The average molecular weight is 383 g/mol. The Morgan fingerprint density at radius 3 is 2.52 bits per heavy atom. The predicted molar refractivity (Wildman–Crippen MR) is 103 cm³/mol. The number of hydrogen-bond acceptors (Lipinski definition) is 5. The lowest BCUT2D eigenvalue weighted by Gasteiger charge is -2.34. The molecule has 1 amide bonds. The van der Waals surface area contributed by atoms with Gasteiger partial charge < -0.3 is 9.80 Å². The van der Waals surface area contributed by atoms with Crippen LogP contribution in [-0.2, 0) is 6.54 Å². The van der Waals surface area contributed by atoms with Crippen LogP contribution in [0.3, 0.4) is 0 Å². The molecule has 2 aromatic heterocycles. The Bertz CT molecular complexity index is 921. The van der Waals surface area contributed by atoms with Gasteiger partial charge in [0.2, 0.25) is 5.95 Å². The molecule has 0 bridgehead atoms. The Kier molecular flexibility index (Phi) is 5.02. The Balaban J connectivity index is 1.38. The molecular weight excluding hydrogens is 364 g/mol. The summed E-state index contributed by atoms with van der Waals surface area (Å²) in [5, 5.41) is 5.01. The van der Waals surface area contributed by atoms with Crippen molar-refractivity contribution in [3.63, 3.8) is 0 Å². The van der Waals surface area contributed by atoms with Gasteiger partial charge >= 0.3 is 0 Å². The Labute approximate surface area is 162 Å². The number of piperazine rings is 1. The molecule has 1 saturated heterocycles. The number of nitrogens with zero attached hydrogens (tertiary/aromatic N) is 6. The number of carbonyl (C=O) groups is 1. The lowest BCUT2D eigenvalue weighted by Crippen LogP contribution is -2.49. The smallest absolute Gasteiger partial charge is 0.257 e. The van der Waals surface area contributed by atoms with Crippen LogP contribution >= 0.6 is 11.6 Å². The minimum Gasteiger partial charge on any atom is -0.337 e. The molecule has 1 fully saturated rings. The molecular formula is C19H19ClN6O. The molecule has 0 spiro atoms.